The summed E-state index contributed by atoms with van der Waals surface area (Å²) in [6.07, 6.45) is 5.51. The van der Waals surface area contributed by atoms with E-state index in [1.807, 2.05) is 0 Å². The molecule has 1 saturated heterocycles. The smallest absolute Gasteiger partial charge is 0.191 e. The van der Waals surface area contributed by atoms with Crippen LogP contribution in [0.1, 0.15) is 63.0 Å². The van der Waals surface area contributed by atoms with Gasteiger partial charge in [-0.2, -0.15) is 0 Å². The number of nitrogens with one attached hydrogen (secondary N) is 2. The maximum Gasteiger partial charge on any atom is 0.191 e. The molecule has 1 aromatic carbocycles. The number of sulfone groups is 1. The molecule has 2 aliphatic rings. The molecule has 1 atom stereocenters. The van der Waals surface area contributed by atoms with E-state index in [9.17, 15) is 8.42 Å². The Morgan fingerprint density at radius 2 is 1.86 bits per heavy atom. The predicted molar refractivity (Wildman–Crippen MR) is 128 cm³/mol. The quantitative estimate of drug-likeness (QED) is 0.355. The van der Waals surface area contributed by atoms with Gasteiger partial charge in [-0.15, -0.1) is 24.0 Å². The maximum atomic E-state index is 11.7. The van der Waals surface area contributed by atoms with Crippen LogP contribution in [0.4, 0.5) is 0 Å². The molecule has 28 heavy (non-hydrogen) atoms. The minimum absolute atomic E-state index is 0. The van der Waals surface area contributed by atoms with Crippen molar-refractivity contribution in [1.82, 2.24) is 10.6 Å². The molecule has 7 heteroatoms. The predicted octanol–water partition coefficient (Wildman–Crippen LogP) is 3.59. The molecule has 0 bridgehead atoms. The summed E-state index contributed by atoms with van der Waals surface area (Å²) < 4.78 is 23.4. The molecule has 5 nitrogen and oxygen atoms in total. The molecule has 1 heterocycles. The molecular formula is C21H34IN3O2S. The molecule has 3 rings (SSSR count). The number of aliphatic imine (C=N–C) groups is 1. The number of nitrogens with zero attached hydrogens (tertiary/aromatic N) is 1. The molecule has 1 aliphatic carbocycles. The van der Waals surface area contributed by atoms with Crippen LogP contribution in [0.15, 0.2) is 29.3 Å². The number of halogens is 1. The van der Waals surface area contributed by atoms with Crippen molar-refractivity contribution in [2.24, 2.45) is 4.99 Å². The van der Waals surface area contributed by atoms with Crippen molar-refractivity contribution in [1.29, 1.82) is 0 Å². The van der Waals surface area contributed by atoms with Crippen molar-refractivity contribution in [2.45, 2.75) is 63.3 Å². The van der Waals surface area contributed by atoms with Crippen LogP contribution in [0, 0.1) is 0 Å². The van der Waals surface area contributed by atoms with Crippen LogP contribution in [-0.4, -0.2) is 45.5 Å². The largest absolute Gasteiger partial charge is 0.356 e. The summed E-state index contributed by atoms with van der Waals surface area (Å²) >= 11 is 0. The lowest BCUT2D eigenvalue weighted by molar-refractivity contribution is 0.430. The number of hydrogen-bond acceptors (Lipinski definition) is 3. The number of guanidine groups is 1. The van der Waals surface area contributed by atoms with E-state index < -0.39 is 9.84 Å². The molecule has 0 spiro atoms. The monoisotopic (exact) mass is 519 g/mol. The lowest BCUT2D eigenvalue weighted by Crippen LogP contribution is -2.48. The van der Waals surface area contributed by atoms with Gasteiger partial charge in [-0.25, -0.2) is 8.42 Å². The van der Waals surface area contributed by atoms with Crippen LogP contribution in [0.25, 0.3) is 0 Å². The standard InChI is InChI=1S/C21H33N3O2S.HI/c1-16(2)17-6-8-18(9-7-17)21(11-4-5-12-21)15-23-20(22-3)24-19-10-13-27(25,26)14-19;/h6-9,16,19H,4-5,10-15H2,1-3H3,(H2,22,23,24);1H. The Labute approximate surface area is 187 Å². The first-order chi connectivity index (χ1) is 12.8. The highest BCUT2D eigenvalue weighted by molar-refractivity contribution is 14.0. The van der Waals surface area contributed by atoms with Gasteiger partial charge in [0, 0.05) is 25.0 Å². The van der Waals surface area contributed by atoms with Crippen molar-refractivity contribution in [3.05, 3.63) is 35.4 Å². The van der Waals surface area contributed by atoms with Crippen LogP contribution >= 0.6 is 24.0 Å². The highest BCUT2D eigenvalue weighted by Crippen LogP contribution is 2.41. The summed E-state index contributed by atoms with van der Waals surface area (Å²) in [5.41, 5.74) is 2.91. The molecule has 1 unspecified atom stereocenters. The van der Waals surface area contributed by atoms with Gasteiger partial charge in [-0.05, 0) is 36.3 Å². The lowest BCUT2D eigenvalue weighted by atomic mass is 9.78. The van der Waals surface area contributed by atoms with Crippen LogP contribution in [-0.2, 0) is 15.3 Å². The minimum atomic E-state index is -2.89. The Hall–Kier alpha value is -0.830. The highest BCUT2D eigenvalue weighted by Gasteiger charge is 2.36. The molecule has 0 amide bonds. The molecule has 0 radical (unpaired) electrons. The second-order valence-electron chi connectivity index (χ2n) is 8.43. The minimum Gasteiger partial charge on any atom is -0.356 e. The third kappa shape index (κ3) is 5.62. The van der Waals surface area contributed by atoms with Crippen molar-refractivity contribution < 1.29 is 8.42 Å². The first kappa shape index (κ1) is 23.4. The third-order valence-electron chi connectivity index (χ3n) is 6.14. The zero-order chi connectivity index (χ0) is 19.5. The first-order valence-corrected chi connectivity index (χ1v) is 11.9. The summed E-state index contributed by atoms with van der Waals surface area (Å²) in [6, 6.07) is 9.07. The van der Waals surface area contributed by atoms with Crippen molar-refractivity contribution in [3.8, 4) is 0 Å². The molecule has 0 aromatic heterocycles. The van der Waals surface area contributed by atoms with E-state index in [1.165, 1.54) is 36.8 Å². The van der Waals surface area contributed by atoms with Gasteiger partial charge in [-0.1, -0.05) is 51.0 Å². The zero-order valence-corrected chi connectivity index (χ0v) is 20.3. The molecule has 1 aliphatic heterocycles. The van der Waals surface area contributed by atoms with Gasteiger partial charge in [-0.3, -0.25) is 4.99 Å². The van der Waals surface area contributed by atoms with Crippen LogP contribution in [0.2, 0.25) is 0 Å². The maximum absolute atomic E-state index is 11.7. The van der Waals surface area contributed by atoms with Gasteiger partial charge in [0.05, 0.1) is 11.5 Å². The third-order valence-corrected chi connectivity index (χ3v) is 7.91. The first-order valence-electron chi connectivity index (χ1n) is 10.1. The van der Waals surface area contributed by atoms with Crippen molar-refractivity contribution in [2.75, 3.05) is 25.1 Å². The van der Waals surface area contributed by atoms with E-state index in [-0.39, 0.29) is 46.9 Å². The van der Waals surface area contributed by atoms with Gasteiger partial charge in [0.15, 0.2) is 15.8 Å². The number of benzene rings is 1. The fourth-order valence-electron chi connectivity index (χ4n) is 4.39. The normalized spacial score (nSPS) is 23.4. The molecule has 1 saturated carbocycles. The Morgan fingerprint density at radius 3 is 2.36 bits per heavy atom. The second kappa shape index (κ2) is 9.78. The van der Waals surface area contributed by atoms with Gasteiger partial charge in [0.2, 0.25) is 0 Å². The SMILES string of the molecule is CN=C(NCC1(c2ccc(C(C)C)cc2)CCCC1)NC1CCS(=O)(=O)C1.I. The van der Waals surface area contributed by atoms with Crippen molar-refractivity contribution >= 4 is 39.8 Å². The van der Waals surface area contributed by atoms with Crippen LogP contribution in [0.5, 0.6) is 0 Å². The topological polar surface area (TPSA) is 70.6 Å². The van der Waals surface area contributed by atoms with E-state index in [0.717, 1.165) is 6.54 Å². The van der Waals surface area contributed by atoms with Gasteiger partial charge in [0.1, 0.15) is 0 Å². The van der Waals surface area contributed by atoms with E-state index >= 15 is 0 Å². The summed E-state index contributed by atoms with van der Waals surface area (Å²) in [5, 5.41) is 6.78. The Balaban J connectivity index is 0.00000280. The Bertz CT molecular complexity index is 769. The van der Waals surface area contributed by atoms with E-state index in [0.29, 0.717) is 18.3 Å². The molecule has 158 valence electrons. The van der Waals surface area contributed by atoms with E-state index in [4.69, 9.17) is 0 Å². The van der Waals surface area contributed by atoms with E-state index in [1.54, 1.807) is 7.05 Å². The summed E-state index contributed by atoms with van der Waals surface area (Å²) in [6.45, 7) is 5.27. The average Bonchev–Trinajstić information content (AvgIpc) is 3.25. The fraction of sp³-hybridized carbons (Fsp3) is 0.667. The highest BCUT2D eigenvalue weighted by atomic mass is 127. The number of hydrogen-bond donors (Lipinski definition) is 2. The Kier molecular flexibility index (Phi) is 8.19. The van der Waals surface area contributed by atoms with Crippen LogP contribution < -0.4 is 10.6 Å². The molecule has 2 fully saturated rings. The average molecular weight is 519 g/mol. The summed E-state index contributed by atoms with van der Waals surface area (Å²) in [4.78, 5) is 4.32. The molecule has 2 N–H and O–H groups in total. The second-order valence-corrected chi connectivity index (χ2v) is 10.7. The van der Waals surface area contributed by atoms with Gasteiger partial charge < -0.3 is 10.6 Å². The van der Waals surface area contributed by atoms with Crippen molar-refractivity contribution in [3.63, 3.8) is 0 Å². The van der Waals surface area contributed by atoms with Crippen LogP contribution in [0.3, 0.4) is 0 Å². The fourth-order valence-corrected chi connectivity index (χ4v) is 6.06. The summed E-state index contributed by atoms with van der Waals surface area (Å²) in [5.74, 6) is 1.73. The van der Waals surface area contributed by atoms with E-state index in [2.05, 4.69) is 53.7 Å². The summed E-state index contributed by atoms with van der Waals surface area (Å²) in [7, 11) is -1.14. The molecular weight excluding hydrogens is 485 g/mol. The van der Waals surface area contributed by atoms with Gasteiger partial charge in [0.25, 0.3) is 0 Å². The van der Waals surface area contributed by atoms with Gasteiger partial charge >= 0.3 is 0 Å². The Morgan fingerprint density at radius 1 is 1.21 bits per heavy atom. The molecule has 1 aromatic rings. The number of rotatable bonds is 5. The zero-order valence-electron chi connectivity index (χ0n) is 17.2. The lowest BCUT2D eigenvalue weighted by Gasteiger charge is -2.31.